The van der Waals surface area contributed by atoms with Crippen molar-refractivity contribution in [3.63, 3.8) is 0 Å². The van der Waals surface area contributed by atoms with Gasteiger partial charge in [0.15, 0.2) is 18.0 Å². The number of rotatable bonds is 11. The molecule has 1 saturated heterocycles. The van der Waals surface area contributed by atoms with Crippen LogP contribution in [-0.2, 0) is 38.1 Å². The second kappa shape index (κ2) is 12.2. The third-order valence-electron chi connectivity index (χ3n) is 5.75. The summed E-state index contributed by atoms with van der Waals surface area (Å²) in [6, 6.07) is 4.64. The van der Waals surface area contributed by atoms with Crippen LogP contribution in [0.15, 0.2) is 18.5 Å². The highest BCUT2D eigenvalue weighted by atomic mass is 16.7. The summed E-state index contributed by atoms with van der Waals surface area (Å²) in [4.78, 5) is 40.4. The Morgan fingerprint density at radius 2 is 2.03 bits per heavy atom. The Balaban J connectivity index is 1.90. The van der Waals surface area contributed by atoms with Gasteiger partial charge in [-0.15, -0.1) is 0 Å². The summed E-state index contributed by atoms with van der Waals surface area (Å²) < 4.78 is 29.6. The van der Waals surface area contributed by atoms with Gasteiger partial charge in [-0.05, 0) is 32.9 Å². The van der Waals surface area contributed by atoms with Crippen molar-refractivity contribution in [2.75, 3.05) is 19.1 Å². The van der Waals surface area contributed by atoms with Crippen molar-refractivity contribution >= 4 is 29.2 Å². The highest BCUT2D eigenvalue weighted by Gasteiger charge is 2.61. The van der Waals surface area contributed by atoms with Crippen molar-refractivity contribution < 1.29 is 38.1 Å². The smallest absolute Gasteiger partial charge is 0.323 e. The van der Waals surface area contributed by atoms with Gasteiger partial charge in [-0.3, -0.25) is 19.7 Å². The third-order valence-corrected chi connectivity index (χ3v) is 5.75. The summed E-state index contributed by atoms with van der Waals surface area (Å²) in [6.45, 7) is 7.29. The first kappa shape index (κ1) is 28.8. The molecule has 3 heterocycles. The Bertz CT molecular complexity index is 1210. The topological polar surface area (TPSA) is 189 Å². The quantitative estimate of drug-likeness (QED) is 0.179. The first-order valence-electron chi connectivity index (χ1n) is 12.1. The van der Waals surface area contributed by atoms with Crippen LogP contribution in [0, 0.1) is 11.3 Å². The Hall–Kier alpha value is -3.80. The molecule has 2 aromatic heterocycles. The van der Waals surface area contributed by atoms with Crippen molar-refractivity contribution in [1.82, 2.24) is 19.9 Å². The predicted molar refractivity (Wildman–Crippen MR) is 130 cm³/mol. The van der Waals surface area contributed by atoms with Gasteiger partial charge < -0.3 is 29.4 Å². The van der Waals surface area contributed by atoms with E-state index >= 15 is 0 Å². The molecule has 0 saturated carbocycles. The molecule has 14 heteroatoms. The lowest BCUT2D eigenvalue weighted by molar-refractivity contribution is -0.169. The van der Waals surface area contributed by atoms with Crippen molar-refractivity contribution in [3.05, 3.63) is 24.2 Å². The van der Waals surface area contributed by atoms with Gasteiger partial charge in [0.2, 0.25) is 5.60 Å². The van der Waals surface area contributed by atoms with Gasteiger partial charge in [-0.25, -0.2) is 9.50 Å². The number of nitrogens with two attached hydrogens (primary N) is 1. The molecule has 0 bridgehead atoms. The molecule has 1 aliphatic rings. The molecule has 0 spiro atoms. The van der Waals surface area contributed by atoms with Crippen molar-refractivity contribution in [3.8, 4) is 6.07 Å². The molecule has 3 rings (SSSR count). The van der Waals surface area contributed by atoms with Crippen LogP contribution in [-0.4, -0.2) is 75.8 Å². The summed E-state index contributed by atoms with van der Waals surface area (Å²) in [6.07, 6.45) is -2.64. The molecule has 206 valence electrons. The molecule has 1 aliphatic heterocycles. The minimum absolute atomic E-state index is 0.0321. The number of carbonyl (C=O) groups excluding carboxylic acids is 3. The average molecular weight is 533 g/mol. The van der Waals surface area contributed by atoms with E-state index in [1.807, 2.05) is 6.07 Å². The summed E-state index contributed by atoms with van der Waals surface area (Å²) in [5.74, 6) is -1.58. The van der Waals surface area contributed by atoms with Gasteiger partial charge in [-0.1, -0.05) is 6.92 Å². The highest BCUT2D eigenvalue weighted by molar-refractivity contribution is 5.75. The van der Waals surface area contributed by atoms with Gasteiger partial charge in [0, 0.05) is 13.3 Å². The lowest BCUT2D eigenvalue weighted by Gasteiger charge is -2.28. The Morgan fingerprint density at radius 1 is 1.29 bits per heavy atom. The van der Waals surface area contributed by atoms with Crippen molar-refractivity contribution in [2.24, 2.45) is 0 Å². The molecule has 0 aliphatic carbocycles. The van der Waals surface area contributed by atoms with Gasteiger partial charge in [0.1, 0.15) is 30.1 Å². The predicted octanol–water partition coefficient (Wildman–Crippen LogP) is 0.802. The number of hydrogen-bond acceptors (Lipinski definition) is 13. The second-order valence-corrected chi connectivity index (χ2v) is 8.98. The average Bonchev–Trinajstić information content (AvgIpc) is 3.42. The zero-order chi connectivity index (χ0) is 28.0. The highest BCUT2D eigenvalue weighted by Crippen LogP contribution is 2.44. The fraction of sp³-hybridized carbons (Fsp3) is 0.583. The number of nitrogens with zero attached hydrogens (tertiary/aromatic N) is 4. The zero-order valence-corrected chi connectivity index (χ0v) is 21.9. The molecule has 0 amide bonds. The van der Waals surface area contributed by atoms with Crippen LogP contribution < -0.4 is 11.1 Å². The largest absolute Gasteiger partial charge is 0.462 e. The maximum atomic E-state index is 12.4. The maximum Gasteiger partial charge on any atom is 0.323 e. The molecular weight excluding hydrogens is 500 g/mol. The third kappa shape index (κ3) is 6.18. The first-order valence-corrected chi connectivity index (χ1v) is 12.1. The summed E-state index contributed by atoms with van der Waals surface area (Å²) >= 11 is 0. The van der Waals surface area contributed by atoms with E-state index in [1.54, 1.807) is 39.8 Å². The molecule has 3 N–H and O–H groups in total. The molecule has 14 nitrogen and oxygen atoms in total. The summed E-state index contributed by atoms with van der Waals surface area (Å²) in [5.41, 5.74) is 4.93. The van der Waals surface area contributed by atoms with Crippen LogP contribution in [0.5, 0.6) is 0 Å². The number of aromatic nitrogens is 3. The first-order chi connectivity index (χ1) is 18.0. The van der Waals surface area contributed by atoms with Crippen LogP contribution in [0.3, 0.4) is 0 Å². The number of fused-ring (bicyclic) bond motifs is 1. The standard InChI is InChI=1S/C24H32N6O8/c1-6-18(32)37-20-19(16-7-8-17-22(26)27-11-29-30(16)17)38-24(9-25,21(20)36-15(5)31)10-34-12-28-14(4)23(33)35-13(2)3/h7-8,11,13-14,19-21,28H,6,10,12H2,1-5H3,(H2,26,27,29)/t14-,19-,20-,21-,24+/m0/s1. The lowest BCUT2D eigenvalue weighted by atomic mass is 9.95. The van der Waals surface area contributed by atoms with Crippen LogP contribution in [0.4, 0.5) is 5.82 Å². The minimum atomic E-state index is -1.87. The number of anilines is 1. The fourth-order valence-corrected chi connectivity index (χ4v) is 3.94. The fourth-order valence-electron chi connectivity index (χ4n) is 3.94. The molecule has 0 aromatic carbocycles. The van der Waals surface area contributed by atoms with Crippen LogP contribution >= 0.6 is 0 Å². The number of nitrogens with one attached hydrogen (secondary N) is 1. The zero-order valence-electron chi connectivity index (χ0n) is 21.9. The Morgan fingerprint density at radius 3 is 2.66 bits per heavy atom. The van der Waals surface area contributed by atoms with E-state index in [-0.39, 0.29) is 25.1 Å². The molecule has 5 atom stereocenters. The number of carbonyl (C=O) groups is 3. The summed E-state index contributed by atoms with van der Waals surface area (Å²) in [7, 11) is 0. The number of esters is 3. The monoisotopic (exact) mass is 532 g/mol. The normalized spacial score (nSPS) is 23.7. The molecule has 2 aromatic rings. The van der Waals surface area contributed by atoms with Gasteiger partial charge >= 0.3 is 17.9 Å². The van der Waals surface area contributed by atoms with Gasteiger partial charge in [-0.2, -0.15) is 10.4 Å². The number of ether oxygens (including phenoxy) is 5. The molecule has 38 heavy (non-hydrogen) atoms. The molecule has 0 unspecified atom stereocenters. The van der Waals surface area contributed by atoms with E-state index < -0.39 is 54.5 Å². The minimum Gasteiger partial charge on any atom is -0.462 e. The molecule has 1 fully saturated rings. The van der Waals surface area contributed by atoms with E-state index in [2.05, 4.69) is 15.4 Å². The molecule has 0 radical (unpaired) electrons. The van der Waals surface area contributed by atoms with E-state index in [1.165, 1.54) is 17.8 Å². The van der Waals surface area contributed by atoms with E-state index in [0.717, 1.165) is 0 Å². The van der Waals surface area contributed by atoms with Crippen LogP contribution in [0.2, 0.25) is 0 Å². The second-order valence-electron chi connectivity index (χ2n) is 8.98. The van der Waals surface area contributed by atoms with E-state index in [4.69, 9.17) is 29.4 Å². The lowest BCUT2D eigenvalue weighted by Crippen LogP contribution is -2.50. The molecular formula is C24H32N6O8. The van der Waals surface area contributed by atoms with Gasteiger partial charge in [0.25, 0.3) is 0 Å². The summed E-state index contributed by atoms with van der Waals surface area (Å²) in [5, 5.41) is 17.3. The van der Waals surface area contributed by atoms with E-state index in [9.17, 15) is 19.6 Å². The van der Waals surface area contributed by atoms with Crippen molar-refractivity contribution in [1.29, 1.82) is 5.26 Å². The van der Waals surface area contributed by atoms with Crippen LogP contribution in [0.25, 0.3) is 5.52 Å². The SMILES string of the molecule is CCC(=O)O[C@H]1[C@H](c2ccc3c(N)ncnn23)O[C@](C#N)(COCN[C@@H](C)C(=O)OC(C)C)[C@H]1OC(C)=O. The Kier molecular flexibility index (Phi) is 9.21. The number of hydrogen-bond donors (Lipinski definition) is 2. The van der Waals surface area contributed by atoms with Gasteiger partial charge in [0.05, 0.1) is 25.1 Å². The van der Waals surface area contributed by atoms with Crippen LogP contribution in [0.1, 0.15) is 52.8 Å². The van der Waals surface area contributed by atoms with E-state index in [0.29, 0.717) is 11.2 Å². The number of nitriles is 1. The van der Waals surface area contributed by atoms with Crippen molar-refractivity contribution in [2.45, 2.75) is 77.1 Å². The number of nitrogen functional groups attached to an aromatic ring is 1. The maximum absolute atomic E-state index is 12.4. The Labute approximate surface area is 219 Å².